The number of urea groups is 1. The van der Waals surface area contributed by atoms with Crippen molar-refractivity contribution in [2.24, 2.45) is 0 Å². The third-order valence-electron chi connectivity index (χ3n) is 6.15. The minimum absolute atomic E-state index is 0.0179. The average molecular weight is 521 g/mol. The number of alkyl halides is 3. The smallest absolute Gasteiger partial charge is 0.419 e. The maximum absolute atomic E-state index is 14.3. The van der Waals surface area contributed by atoms with Crippen LogP contribution >= 0.6 is 0 Å². The lowest BCUT2D eigenvalue weighted by atomic mass is 9.84. The van der Waals surface area contributed by atoms with Crippen molar-refractivity contribution >= 4 is 15.9 Å². The zero-order chi connectivity index (χ0) is 25.4. The predicted molar refractivity (Wildman–Crippen MR) is 114 cm³/mol. The highest BCUT2D eigenvalue weighted by Crippen LogP contribution is 2.38. The van der Waals surface area contributed by atoms with Crippen molar-refractivity contribution < 1.29 is 40.0 Å². The lowest BCUT2D eigenvalue weighted by Crippen LogP contribution is -2.53. The maximum atomic E-state index is 14.3. The molecule has 1 aromatic carbocycles. The highest BCUT2D eigenvalue weighted by atomic mass is 32.2. The second-order valence-corrected chi connectivity index (χ2v) is 10.8. The molecule has 0 radical (unpaired) electrons. The Hall–Kier alpha value is -2.90. The Bertz CT molecular complexity index is 1170. The normalized spacial score (nSPS) is 22.8. The zero-order valence-corrected chi connectivity index (χ0v) is 19.6. The summed E-state index contributed by atoms with van der Waals surface area (Å²) in [6.45, 7) is 2.39. The third-order valence-corrected chi connectivity index (χ3v) is 7.76. The number of carbonyl (C=O) groups is 1. The van der Waals surface area contributed by atoms with Gasteiger partial charge in [-0.15, -0.1) is 0 Å². The summed E-state index contributed by atoms with van der Waals surface area (Å²) in [6.07, 6.45) is -4.51. The van der Waals surface area contributed by atoms with Crippen LogP contribution in [0.2, 0.25) is 0 Å². The van der Waals surface area contributed by atoms with Gasteiger partial charge in [0.25, 0.3) is 0 Å². The molecule has 14 heteroatoms. The maximum Gasteiger partial charge on any atom is 0.419 e. The molecule has 2 aromatic rings. The van der Waals surface area contributed by atoms with Gasteiger partial charge in [-0.2, -0.15) is 18.2 Å². The van der Waals surface area contributed by atoms with Gasteiger partial charge in [0.15, 0.2) is 9.84 Å². The van der Waals surface area contributed by atoms with Crippen LogP contribution in [-0.4, -0.2) is 78.7 Å². The third kappa shape index (κ3) is 5.68. The van der Waals surface area contributed by atoms with E-state index in [1.807, 2.05) is 0 Å². The summed E-state index contributed by atoms with van der Waals surface area (Å²) in [4.78, 5) is 20.3. The molecule has 2 saturated heterocycles. The molecule has 0 aliphatic carbocycles. The van der Waals surface area contributed by atoms with Crippen LogP contribution in [0.1, 0.15) is 42.2 Å². The zero-order valence-electron chi connectivity index (χ0n) is 18.8. The molecule has 0 bridgehead atoms. The predicted octanol–water partition coefficient (Wildman–Crippen LogP) is 3.05. The standard InChI is InChI=1S/C21H24F4N4O5S/c1-2-33-19-26-18(34-27-19)15-9-14(13-3-4-16(17(22)10-13)21(23,24)25)11-29(12-15)20(30)28-5-7-35(31,32)8-6-28/h3-4,10,14-15H,2,5-9,11-12H2,1H3. The van der Waals surface area contributed by atoms with Crippen molar-refractivity contribution in [1.82, 2.24) is 19.9 Å². The van der Waals surface area contributed by atoms with Crippen LogP contribution in [0.4, 0.5) is 22.4 Å². The van der Waals surface area contributed by atoms with Crippen molar-refractivity contribution in [1.29, 1.82) is 0 Å². The van der Waals surface area contributed by atoms with Gasteiger partial charge in [0.2, 0.25) is 5.89 Å². The SMILES string of the molecule is CCOc1noc(C2CC(c3ccc(C(F)(F)F)c(F)c3)CN(C(=O)N3CCS(=O)(=O)CC3)C2)n1. The Morgan fingerprint density at radius 1 is 1.17 bits per heavy atom. The number of amides is 2. The van der Waals surface area contributed by atoms with Gasteiger partial charge in [-0.1, -0.05) is 6.07 Å². The number of likely N-dealkylation sites (tertiary alicyclic amines) is 1. The Balaban J connectivity index is 1.61. The summed E-state index contributed by atoms with van der Waals surface area (Å²) in [6, 6.07) is 2.34. The monoisotopic (exact) mass is 520 g/mol. The van der Waals surface area contributed by atoms with Crippen LogP contribution in [0, 0.1) is 5.82 Å². The number of halogens is 4. The largest absolute Gasteiger partial charge is 0.462 e. The van der Waals surface area contributed by atoms with E-state index in [4.69, 9.17) is 9.26 Å². The average Bonchev–Trinajstić information content (AvgIpc) is 3.26. The summed E-state index contributed by atoms with van der Waals surface area (Å²) in [7, 11) is -3.20. The molecular weight excluding hydrogens is 496 g/mol. The Morgan fingerprint density at radius 3 is 2.49 bits per heavy atom. The van der Waals surface area contributed by atoms with Crippen LogP contribution in [0.25, 0.3) is 0 Å². The number of sulfone groups is 1. The molecule has 1 aromatic heterocycles. The molecule has 2 atom stereocenters. The van der Waals surface area contributed by atoms with E-state index >= 15 is 0 Å². The summed E-state index contributed by atoms with van der Waals surface area (Å²) < 4.78 is 87.4. The number of hydrogen-bond donors (Lipinski definition) is 0. The number of ether oxygens (including phenoxy) is 1. The second-order valence-electron chi connectivity index (χ2n) is 8.54. The van der Waals surface area contributed by atoms with Crippen LogP contribution in [0.3, 0.4) is 0 Å². The van der Waals surface area contributed by atoms with Crippen molar-refractivity contribution in [3.63, 3.8) is 0 Å². The first-order valence-electron chi connectivity index (χ1n) is 11.0. The number of piperidine rings is 1. The fourth-order valence-corrected chi connectivity index (χ4v) is 5.57. The van der Waals surface area contributed by atoms with Crippen molar-refractivity contribution in [3.8, 4) is 6.01 Å². The number of aromatic nitrogens is 2. The van der Waals surface area contributed by atoms with Crippen molar-refractivity contribution in [2.75, 3.05) is 44.3 Å². The second kappa shape index (κ2) is 9.63. The minimum atomic E-state index is -4.83. The van der Waals surface area contributed by atoms with Gasteiger partial charge < -0.3 is 19.1 Å². The number of benzene rings is 1. The van der Waals surface area contributed by atoms with Crippen LogP contribution in [-0.2, 0) is 16.0 Å². The number of nitrogens with zero attached hydrogens (tertiary/aromatic N) is 4. The first-order valence-corrected chi connectivity index (χ1v) is 12.9. The summed E-state index contributed by atoms with van der Waals surface area (Å²) >= 11 is 0. The van der Waals surface area contributed by atoms with Crippen molar-refractivity contribution in [3.05, 3.63) is 41.0 Å². The Labute approximate surface area is 198 Å². The first kappa shape index (κ1) is 25.2. The van der Waals surface area contributed by atoms with Gasteiger partial charge in [0.05, 0.1) is 29.6 Å². The summed E-state index contributed by atoms with van der Waals surface area (Å²) in [5.41, 5.74) is -1.07. The van der Waals surface area contributed by atoms with Gasteiger partial charge in [-0.05, 0) is 36.2 Å². The molecule has 0 N–H and O–H groups in total. The van der Waals surface area contributed by atoms with Gasteiger partial charge >= 0.3 is 18.2 Å². The van der Waals surface area contributed by atoms with E-state index in [0.717, 1.165) is 6.07 Å². The van der Waals surface area contributed by atoms with E-state index in [1.54, 1.807) is 6.92 Å². The lowest BCUT2D eigenvalue weighted by molar-refractivity contribution is -0.140. The molecule has 35 heavy (non-hydrogen) atoms. The number of hydrogen-bond acceptors (Lipinski definition) is 7. The van der Waals surface area contributed by atoms with E-state index in [-0.39, 0.29) is 49.6 Å². The van der Waals surface area contributed by atoms with E-state index in [9.17, 15) is 30.8 Å². The van der Waals surface area contributed by atoms with Gasteiger partial charge in [-0.3, -0.25) is 0 Å². The van der Waals surface area contributed by atoms with E-state index in [2.05, 4.69) is 10.1 Å². The molecule has 2 fully saturated rings. The Kier molecular flexibility index (Phi) is 6.93. The van der Waals surface area contributed by atoms with Crippen LogP contribution in [0.15, 0.2) is 22.7 Å². The molecule has 0 saturated carbocycles. The quantitative estimate of drug-likeness (QED) is 0.571. The van der Waals surface area contributed by atoms with E-state index < -0.39 is 45.3 Å². The molecule has 2 amide bonds. The molecule has 2 unspecified atom stereocenters. The van der Waals surface area contributed by atoms with Gasteiger partial charge in [-0.25, -0.2) is 17.6 Å². The van der Waals surface area contributed by atoms with Gasteiger partial charge in [0.1, 0.15) is 5.82 Å². The highest BCUT2D eigenvalue weighted by Gasteiger charge is 2.39. The number of carbonyl (C=O) groups excluding carboxylic acids is 1. The lowest BCUT2D eigenvalue weighted by Gasteiger charge is -2.40. The molecule has 192 valence electrons. The highest BCUT2D eigenvalue weighted by molar-refractivity contribution is 7.91. The minimum Gasteiger partial charge on any atom is -0.462 e. The fourth-order valence-electron chi connectivity index (χ4n) is 4.37. The summed E-state index contributed by atoms with van der Waals surface area (Å²) in [5.74, 6) is -2.52. The summed E-state index contributed by atoms with van der Waals surface area (Å²) in [5, 5.41) is 3.73. The van der Waals surface area contributed by atoms with E-state index in [0.29, 0.717) is 24.7 Å². The number of rotatable bonds is 4. The fraction of sp³-hybridized carbons (Fsp3) is 0.571. The van der Waals surface area contributed by atoms with E-state index in [1.165, 1.54) is 15.9 Å². The molecule has 4 rings (SSSR count). The molecule has 9 nitrogen and oxygen atoms in total. The molecule has 0 spiro atoms. The molecule has 3 heterocycles. The Morgan fingerprint density at radius 2 is 1.86 bits per heavy atom. The molecule has 2 aliphatic rings. The van der Waals surface area contributed by atoms with Crippen LogP contribution < -0.4 is 4.74 Å². The first-order chi connectivity index (χ1) is 16.5. The topological polar surface area (TPSA) is 106 Å². The van der Waals surface area contributed by atoms with Crippen molar-refractivity contribution in [2.45, 2.75) is 31.4 Å². The molecular formula is C21H24F4N4O5S. The van der Waals surface area contributed by atoms with Crippen LogP contribution in [0.5, 0.6) is 6.01 Å². The molecule has 2 aliphatic heterocycles. The van der Waals surface area contributed by atoms with Gasteiger partial charge in [0, 0.05) is 32.1 Å².